The number of aliphatic carboxylic acids is 1. The van der Waals surface area contributed by atoms with Crippen molar-refractivity contribution >= 4 is 11.9 Å². The Bertz CT molecular complexity index is 493. The largest absolute Gasteiger partial charge is 0.481 e. The number of carbonyl (C=O) groups is 2. The van der Waals surface area contributed by atoms with Crippen molar-refractivity contribution in [2.75, 3.05) is 6.54 Å². The Kier molecular flexibility index (Phi) is 6.40. The molecule has 0 saturated heterocycles. The molecule has 1 rings (SSSR count). The van der Waals surface area contributed by atoms with Crippen LogP contribution in [-0.2, 0) is 16.0 Å². The second-order valence-electron chi connectivity index (χ2n) is 5.50. The minimum Gasteiger partial charge on any atom is -0.481 e. The lowest BCUT2D eigenvalue weighted by Crippen LogP contribution is -2.42. The molecule has 0 unspecified atom stereocenters. The first-order valence-corrected chi connectivity index (χ1v) is 7.49. The van der Waals surface area contributed by atoms with E-state index in [-0.39, 0.29) is 12.5 Å². The quantitative estimate of drug-likeness (QED) is 0.774. The van der Waals surface area contributed by atoms with Gasteiger partial charge in [-0.3, -0.25) is 9.59 Å². The van der Waals surface area contributed by atoms with E-state index in [2.05, 4.69) is 5.32 Å². The Hall–Kier alpha value is -1.84. The summed E-state index contributed by atoms with van der Waals surface area (Å²) in [6, 6.07) is 7.98. The van der Waals surface area contributed by atoms with Crippen LogP contribution in [0.2, 0.25) is 0 Å². The molecule has 0 heterocycles. The van der Waals surface area contributed by atoms with Crippen molar-refractivity contribution in [3.63, 3.8) is 0 Å². The highest BCUT2D eigenvalue weighted by Crippen LogP contribution is 2.25. The van der Waals surface area contributed by atoms with Gasteiger partial charge in [-0.1, -0.05) is 38.1 Å². The molecule has 0 atom stereocenters. The van der Waals surface area contributed by atoms with E-state index in [0.29, 0.717) is 25.7 Å². The molecule has 116 valence electrons. The normalized spacial score (nSPS) is 11.2. The van der Waals surface area contributed by atoms with Crippen LogP contribution >= 0.6 is 0 Å². The Morgan fingerprint density at radius 3 is 2.33 bits per heavy atom. The molecule has 1 aromatic carbocycles. The van der Waals surface area contributed by atoms with Crippen molar-refractivity contribution in [3.05, 3.63) is 35.4 Å². The predicted molar refractivity (Wildman–Crippen MR) is 83.2 cm³/mol. The zero-order valence-electron chi connectivity index (χ0n) is 13.1. The number of benzene rings is 1. The SMILES string of the molecule is CCC(CC)(CNC(=O)CCc1ccccc1C)C(=O)O. The van der Waals surface area contributed by atoms with Gasteiger partial charge in [-0.05, 0) is 37.3 Å². The molecule has 0 fully saturated rings. The smallest absolute Gasteiger partial charge is 0.311 e. The summed E-state index contributed by atoms with van der Waals surface area (Å²) in [5.74, 6) is -0.933. The van der Waals surface area contributed by atoms with Gasteiger partial charge in [0.05, 0.1) is 5.41 Å². The summed E-state index contributed by atoms with van der Waals surface area (Å²) in [6.07, 6.45) is 2.08. The van der Waals surface area contributed by atoms with E-state index >= 15 is 0 Å². The third kappa shape index (κ3) is 4.59. The number of amides is 1. The standard InChI is InChI=1S/C17H25NO3/c1-4-17(5-2,16(20)21)12-18-15(19)11-10-14-9-7-6-8-13(14)3/h6-9H,4-5,10-12H2,1-3H3,(H,18,19)(H,20,21). The van der Waals surface area contributed by atoms with Crippen LogP contribution in [0.4, 0.5) is 0 Å². The monoisotopic (exact) mass is 291 g/mol. The summed E-state index contributed by atoms with van der Waals surface area (Å²) in [5.41, 5.74) is 1.48. The summed E-state index contributed by atoms with van der Waals surface area (Å²) in [6.45, 7) is 5.91. The molecular weight excluding hydrogens is 266 g/mol. The van der Waals surface area contributed by atoms with Crippen LogP contribution < -0.4 is 5.32 Å². The number of carboxylic acid groups (broad SMARTS) is 1. The van der Waals surface area contributed by atoms with Crippen molar-refractivity contribution in [2.45, 2.75) is 46.5 Å². The van der Waals surface area contributed by atoms with Gasteiger partial charge in [0, 0.05) is 13.0 Å². The van der Waals surface area contributed by atoms with E-state index < -0.39 is 11.4 Å². The molecule has 1 aromatic rings. The maximum atomic E-state index is 11.9. The fraction of sp³-hybridized carbons (Fsp3) is 0.529. The predicted octanol–water partition coefficient (Wildman–Crippen LogP) is 2.93. The zero-order valence-corrected chi connectivity index (χ0v) is 13.1. The van der Waals surface area contributed by atoms with Gasteiger partial charge >= 0.3 is 5.97 Å². The topological polar surface area (TPSA) is 66.4 Å². The van der Waals surface area contributed by atoms with Crippen molar-refractivity contribution in [1.29, 1.82) is 0 Å². The Morgan fingerprint density at radius 1 is 1.19 bits per heavy atom. The van der Waals surface area contributed by atoms with Gasteiger partial charge in [0.15, 0.2) is 0 Å². The maximum Gasteiger partial charge on any atom is 0.311 e. The van der Waals surface area contributed by atoms with E-state index in [1.54, 1.807) is 0 Å². The number of carbonyl (C=O) groups excluding carboxylic acids is 1. The van der Waals surface area contributed by atoms with Crippen molar-refractivity contribution in [3.8, 4) is 0 Å². The number of hydrogen-bond acceptors (Lipinski definition) is 2. The van der Waals surface area contributed by atoms with E-state index in [1.165, 1.54) is 5.56 Å². The van der Waals surface area contributed by atoms with Crippen molar-refractivity contribution in [1.82, 2.24) is 5.32 Å². The molecule has 2 N–H and O–H groups in total. The summed E-state index contributed by atoms with van der Waals surface area (Å²) in [4.78, 5) is 23.3. The van der Waals surface area contributed by atoms with Crippen LogP contribution in [0, 0.1) is 12.3 Å². The molecule has 0 aromatic heterocycles. The van der Waals surface area contributed by atoms with E-state index in [9.17, 15) is 14.7 Å². The van der Waals surface area contributed by atoms with Crippen LogP contribution in [-0.4, -0.2) is 23.5 Å². The van der Waals surface area contributed by atoms with E-state index in [1.807, 2.05) is 45.0 Å². The highest BCUT2D eigenvalue weighted by molar-refractivity contribution is 5.79. The molecule has 4 heteroatoms. The van der Waals surface area contributed by atoms with Gasteiger partial charge in [-0.25, -0.2) is 0 Å². The number of aryl methyl sites for hydroxylation is 2. The van der Waals surface area contributed by atoms with Crippen LogP contribution in [0.3, 0.4) is 0 Å². The Morgan fingerprint density at radius 2 is 1.81 bits per heavy atom. The van der Waals surface area contributed by atoms with Gasteiger partial charge in [0.25, 0.3) is 0 Å². The highest BCUT2D eigenvalue weighted by atomic mass is 16.4. The second kappa shape index (κ2) is 7.81. The van der Waals surface area contributed by atoms with Crippen LogP contribution in [0.15, 0.2) is 24.3 Å². The van der Waals surface area contributed by atoms with Gasteiger partial charge in [-0.2, -0.15) is 0 Å². The van der Waals surface area contributed by atoms with E-state index in [0.717, 1.165) is 5.56 Å². The minimum atomic E-state index is -0.849. The summed E-state index contributed by atoms with van der Waals surface area (Å²) in [7, 11) is 0. The molecule has 0 aliphatic rings. The summed E-state index contributed by atoms with van der Waals surface area (Å²) >= 11 is 0. The lowest BCUT2D eigenvalue weighted by atomic mass is 9.82. The second-order valence-corrected chi connectivity index (χ2v) is 5.50. The Labute approximate surface area is 126 Å². The summed E-state index contributed by atoms with van der Waals surface area (Å²) < 4.78 is 0. The molecule has 0 saturated carbocycles. The number of rotatable bonds is 8. The number of carboxylic acids is 1. The molecule has 0 radical (unpaired) electrons. The molecule has 0 aliphatic carbocycles. The third-order valence-corrected chi connectivity index (χ3v) is 4.31. The van der Waals surface area contributed by atoms with Gasteiger partial charge < -0.3 is 10.4 Å². The number of hydrogen-bond donors (Lipinski definition) is 2. The molecule has 4 nitrogen and oxygen atoms in total. The molecule has 1 amide bonds. The van der Waals surface area contributed by atoms with Gasteiger partial charge in [-0.15, -0.1) is 0 Å². The first-order chi connectivity index (χ1) is 9.95. The molecule has 21 heavy (non-hydrogen) atoms. The van der Waals surface area contributed by atoms with Gasteiger partial charge in [0.1, 0.15) is 0 Å². The molecular formula is C17H25NO3. The number of nitrogens with one attached hydrogen (secondary N) is 1. The summed E-state index contributed by atoms with van der Waals surface area (Å²) in [5, 5.41) is 12.1. The first-order valence-electron chi connectivity index (χ1n) is 7.49. The zero-order chi connectivity index (χ0) is 15.9. The fourth-order valence-corrected chi connectivity index (χ4v) is 2.37. The first kappa shape index (κ1) is 17.2. The van der Waals surface area contributed by atoms with Gasteiger partial charge in [0.2, 0.25) is 5.91 Å². The minimum absolute atomic E-state index is 0.0919. The molecule has 0 spiro atoms. The van der Waals surface area contributed by atoms with Crippen molar-refractivity contribution in [2.24, 2.45) is 5.41 Å². The lowest BCUT2D eigenvalue weighted by molar-refractivity contribution is -0.149. The maximum absolute atomic E-state index is 11.9. The fourth-order valence-electron chi connectivity index (χ4n) is 2.37. The van der Waals surface area contributed by atoms with Crippen LogP contribution in [0.25, 0.3) is 0 Å². The lowest BCUT2D eigenvalue weighted by Gasteiger charge is -2.26. The van der Waals surface area contributed by atoms with Crippen LogP contribution in [0.1, 0.15) is 44.2 Å². The Balaban J connectivity index is 2.51. The van der Waals surface area contributed by atoms with Crippen molar-refractivity contribution < 1.29 is 14.7 Å². The highest BCUT2D eigenvalue weighted by Gasteiger charge is 2.34. The van der Waals surface area contributed by atoms with E-state index in [4.69, 9.17) is 0 Å². The average Bonchev–Trinajstić information content (AvgIpc) is 2.47. The van der Waals surface area contributed by atoms with Crippen LogP contribution in [0.5, 0.6) is 0 Å². The average molecular weight is 291 g/mol. The molecule has 0 aliphatic heterocycles. The molecule has 0 bridgehead atoms. The third-order valence-electron chi connectivity index (χ3n) is 4.31.